The molecule has 0 saturated heterocycles. The van der Waals surface area contributed by atoms with E-state index in [4.69, 9.17) is 0 Å². The predicted molar refractivity (Wildman–Crippen MR) is 71.8 cm³/mol. The molecule has 1 rings (SSSR count). The van der Waals surface area contributed by atoms with Gasteiger partial charge in [-0.2, -0.15) is 0 Å². The van der Waals surface area contributed by atoms with E-state index < -0.39 is 0 Å². The van der Waals surface area contributed by atoms with Crippen LogP contribution < -0.4 is 5.32 Å². The lowest BCUT2D eigenvalue weighted by molar-refractivity contribution is 0.150. The van der Waals surface area contributed by atoms with Crippen LogP contribution in [0.15, 0.2) is 0 Å². The lowest BCUT2D eigenvalue weighted by atomic mass is 9.85. The normalized spacial score (nSPS) is 19.5. The van der Waals surface area contributed by atoms with E-state index in [1.165, 1.54) is 64.7 Å². The van der Waals surface area contributed by atoms with Crippen LogP contribution >= 0.6 is 0 Å². The van der Waals surface area contributed by atoms with Gasteiger partial charge in [0.15, 0.2) is 0 Å². The van der Waals surface area contributed by atoms with Gasteiger partial charge < -0.3 is 10.2 Å². The Labute approximate surface area is 102 Å². The second-order valence-electron chi connectivity index (χ2n) is 5.51. The van der Waals surface area contributed by atoms with E-state index in [2.05, 4.69) is 31.1 Å². The lowest BCUT2D eigenvalue weighted by Crippen LogP contribution is -2.42. The molecule has 1 saturated carbocycles. The van der Waals surface area contributed by atoms with Gasteiger partial charge in [-0.15, -0.1) is 0 Å². The third-order valence-corrected chi connectivity index (χ3v) is 3.85. The molecule has 1 aliphatic rings. The Morgan fingerprint density at radius 3 is 2.06 bits per heavy atom. The van der Waals surface area contributed by atoms with E-state index in [-0.39, 0.29) is 0 Å². The number of nitrogens with zero attached hydrogens (tertiary/aromatic N) is 1. The van der Waals surface area contributed by atoms with Crippen LogP contribution in [0.3, 0.4) is 0 Å². The van der Waals surface area contributed by atoms with Crippen molar-refractivity contribution < 1.29 is 0 Å². The highest BCUT2D eigenvalue weighted by Crippen LogP contribution is 2.38. The average Bonchev–Trinajstić information content (AvgIpc) is 2.68. The van der Waals surface area contributed by atoms with Gasteiger partial charge in [-0.3, -0.25) is 0 Å². The zero-order valence-corrected chi connectivity index (χ0v) is 11.5. The van der Waals surface area contributed by atoms with Gasteiger partial charge in [-0.05, 0) is 51.2 Å². The van der Waals surface area contributed by atoms with Gasteiger partial charge in [0.05, 0.1) is 0 Å². The Morgan fingerprint density at radius 1 is 1.06 bits per heavy atom. The molecule has 96 valence electrons. The fourth-order valence-electron chi connectivity index (χ4n) is 3.27. The molecule has 0 heterocycles. The van der Waals surface area contributed by atoms with Gasteiger partial charge in [-0.1, -0.05) is 26.7 Å². The molecule has 1 N–H and O–H groups in total. The largest absolute Gasteiger partial charge is 0.319 e. The third-order valence-electron chi connectivity index (χ3n) is 3.85. The van der Waals surface area contributed by atoms with E-state index in [1.807, 2.05) is 0 Å². The minimum absolute atomic E-state index is 0.582. The summed E-state index contributed by atoms with van der Waals surface area (Å²) in [6.45, 7) is 9.66. The molecule has 0 radical (unpaired) electrons. The monoisotopic (exact) mass is 226 g/mol. The van der Waals surface area contributed by atoms with E-state index >= 15 is 0 Å². The summed E-state index contributed by atoms with van der Waals surface area (Å²) in [7, 11) is 2.10. The number of hydrogen-bond acceptors (Lipinski definition) is 2. The van der Waals surface area contributed by atoms with E-state index in [0.717, 1.165) is 0 Å². The summed E-state index contributed by atoms with van der Waals surface area (Å²) in [4.78, 5) is 2.68. The summed E-state index contributed by atoms with van der Waals surface area (Å²) in [6.07, 6.45) is 8.31. The van der Waals surface area contributed by atoms with E-state index in [1.54, 1.807) is 0 Å². The van der Waals surface area contributed by atoms with E-state index in [0.29, 0.717) is 5.41 Å². The van der Waals surface area contributed by atoms with E-state index in [9.17, 15) is 0 Å². The smallest absolute Gasteiger partial charge is 0.00501 e. The van der Waals surface area contributed by atoms with Crippen molar-refractivity contribution in [2.75, 3.05) is 33.2 Å². The first-order chi connectivity index (χ1) is 7.76. The number of rotatable bonds is 8. The van der Waals surface area contributed by atoms with Crippen LogP contribution in [0.5, 0.6) is 0 Å². The number of hydrogen-bond donors (Lipinski definition) is 1. The molecule has 0 unspecified atom stereocenters. The van der Waals surface area contributed by atoms with Crippen molar-refractivity contribution in [1.82, 2.24) is 10.2 Å². The molecule has 0 aromatic carbocycles. The standard InChI is InChI=1S/C14H30N2/c1-4-10-16(11-5-2)13-14(12-15-3)8-6-7-9-14/h15H,4-13H2,1-3H3. The van der Waals surface area contributed by atoms with Crippen molar-refractivity contribution in [3.63, 3.8) is 0 Å². The van der Waals surface area contributed by atoms with Gasteiger partial charge in [0.25, 0.3) is 0 Å². The summed E-state index contributed by atoms with van der Waals surface area (Å²) >= 11 is 0. The van der Waals surface area contributed by atoms with Gasteiger partial charge in [0, 0.05) is 13.1 Å². The van der Waals surface area contributed by atoms with Crippen molar-refractivity contribution in [3.05, 3.63) is 0 Å². The Morgan fingerprint density at radius 2 is 1.62 bits per heavy atom. The van der Waals surface area contributed by atoms with Crippen LogP contribution in [-0.4, -0.2) is 38.1 Å². The van der Waals surface area contributed by atoms with Crippen molar-refractivity contribution in [2.45, 2.75) is 52.4 Å². The second-order valence-corrected chi connectivity index (χ2v) is 5.51. The van der Waals surface area contributed by atoms with Crippen LogP contribution in [0.1, 0.15) is 52.4 Å². The molecule has 1 fully saturated rings. The highest BCUT2D eigenvalue weighted by molar-refractivity contribution is 4.89. The van der Waals surface area contributed by atoms with Crippen molar-refractivity contribution in [2.24, 2.45) is 5.41 Å². The maximum atomic E-state index is 3.41. The summed E-state index contributed by atoms with van der Waals surface area (Å²) < 4.78 is 0. The van der Waals surface area contributed by atoms with Crippen LogP contribution in [0.25, 0.3) is 0 Å². The predicted octanol–water partition coefficient (Wildman–Crippen LogP) is 2.89. The molecule has 0 aromatic rings. The fraction of sp³-hybridized carbons (Fsp3) is 1.00. The summed E-state index contributed by atoms with van der Waals surface area (Å²) in [5.74, 6) is 0. The maximum Gasteiger partial charge on any atom is 0.00501 e. The minimum Gasteiger partial charge on any atom is -0.319 e. The summed E-state index contributed by atoms with van der Waals surface area (Å²) in [5, 5.41) is 3.41. The summed E-state index contributed by atoms with van der Waals surface area (Å²) in [5.41, 5.74) is 0.582. The molecule has 0 atom stereocenters. The molecular weight excluding hydrogens is 196 g/mol. The van der Waals surface area contributed by atoms with Crippen molar-refractivity contribution in [3.8, 4) is 0 Å². The van der Waals surface area contributed by atoms with Crippen molar-refractivity contribution >= 4 is 0 Å². The lowest BCUT2D eigenvalue weighted by Gasteiger charge is -2.35. The number of nitrogens with one attached hydrogen (secondary N) is 1. The molecule has 1 aliphatic carbocycles. The van der Waals surface area contributed by atoms with Gasteiger partial charge in [0.1, 0.15) is 0 Å². The maximum absolute atomic E-state index is 3.41. The quantitative estimate of drug-likeness (QED) is 0.684. The molecule has 16 heavy (non-hydrogen) atoms. The Bertz CT molecular complexity index is 168. The van der Waals surface area contributed by atoms with Crippen LogP contribution in [0.4, 0.5) is 0 Å². The van der Waals surface area contributed by atoms with Gasteiger partial charge in [0.2, 0.25) is 0 Å². The first kappa shape index (κ1) is 14.0. The first-order valence-electron chi connectivity index (χ1n) is 7.13. The fourth-order valence-corrected chi connectivity index (χ4v) is 3.27. The molecule has 0 spiro atoms. The third kappa shape index (κ3) is 4.06. The molecule has 0 aromatic heterocycles. The first-order valence-corrected chi connectivity index (χ1v) is 7.13. The average molecular weight is 226 g/mol. The molecule has 0 bridgehead atoms. The molecular formula is C14H30N2. The zero-order chi connectivity index (χ0) is 11.9. The Kier molecular flexibility index (Phi) is 6.37. The molecule has 2 heteroatoms. The summed E-state index contributed by atoms with van der Waals surface area (Å²) in [6, 6.07) is 0. The Hall–Kier alpha value is -0.0800. The zero-order valence-electron chi connectivity index (χ0n) is 11.5. The SMILES string of the molecule is CCCN(CCC)CC1(CNC)CCCC1. The highest BCUT2D eigenvalue weighted by atomic mass is 15.1. The topological polar surface area (TPSA) is 15.3 Å². The minimum atomic E-state index is 0.582. The van der Waals surface area contributed by atoms with Crippen molar-refractivity contribution in [1.29, 1.82) is 0 Å². The van der Waals surface area contributed by atoms with Crippen LogP contribution in [0, 0.1) is 5.41 Å². The molecule has 0 amide bonds. The van der Waals surface area contributed by atoms with Gasteiger partial charge in [-0.25, -0.2) is 0 Å². The van der Waals surface area contributed by atoms with Crippen LogP contribution in [0.2, 0.25) is 0 Å². The molecule has 2 nitrogen and oxygen atoms in total. The second kappa shape index (κ2) is 7.29. The highest BCUT2D eigenvalue weighted by Gasteiger charge is 2.34. The van der Waals surface area contributed by atoms with Gasteiger partial charge >= 0.3 is 0 Å². The Balaban J connectivity index is 2.50. The van der Waals surface area contributed by atoms with Crippen LogP contribution in [-0.2, 0) is 0 Å². The molecule has 0 aliphatic heterocycles.